The van der Waals surface area contributed by atoms with Gasteiger partial charge in [-0.3, -0.25) is 4.79 Å². The summed E-state index contributed by atoms with van der Waals surface area (Å²) < 4.78 is 11.4. The van der Waals surface area contributed by atoms with Gasteiger partial charge in [0.1, 0.15) is 5.58 Å². The van der Waals surface area contributed by atoms with Crippen LogP contribution in [0.15, 0.2) is 27.1 Å². The molecule has 0 aliphatic rings. The Balaban J connectivity index is 2.07. The molecule has 1 aromatic carbocycles. The molecule has 0 aliphatic heterocycles. The third-order valence-corrected chi connectivity index (χ3v) is 3.93. The normalized spacial score (nSPS) is 12.2. The molecular weight excluding hydrogens is 350 g/mol. The summed E-state index contributed by atoms with van der Waals surface area (Å²) in [7, 11) is 0. The summed E-state index contributed by atoms with van der Waals surface area (Å²) in [5.41, 5.74) is 1.31. The van der Waals surface area contributed by atoms with E-state index < -0.39 is 5.97 Å². The highest BCUT2D eigenvalue weighted by atomic mass is 79.9. The maximum Gasteiger partial charge on any atom is 0.375 e. The Hall–Kier alpha value is -1.82. The van der Waals surface area contributed by atoms with Gasteiger partial charge >= 0.3 is 5.97 Å². The van der Waals surface area contributed by atoms with E-state index in [1.165, 1.54) is 0 Å². The molecule has 0 saturated heterocycles. The molecule has 6 heteroatoms. The quantitative estimate of drug-likeness (QED) is 0.820. The summed E-state index contributed by atoms with van der Waals surface area (Å²) >= 11 is 3.38. The SMILES string of the molecule is CCC(C)NC(=O)COC(=O)c1oc2ccc(Br)cc2c1C. The molecule has 5 nitrogen and oxygen atoms in total. The fourth-order valence-corrected chi connectivity index (χ4v) is 2.36. The maximum absolute atomic E-state index is 12.1. The molecule has 1 amide bonds. The lowest BCUT2D eigenvalue weighted by atomic mass is 10.1. The second kappa shape index (κ2) is 6.96. The first kappa shape index (κ1) is 16.5. The zero-order chi connectivity index (χ0) is 16.3. The van der Waals surface area contributed by atoms with Crippen LogP contribution in [0.5, 0.6) is 0 Å². The number of carbonyl (C=O) groups excluding carboxylic acids is 2. The van der Waals surface area contributed by atoms with Crippen molar-refractivity contribution in [3.05, 3.63) is 34.0 Å². The lowest BCUT2D eigenvalue weighted by Gasteiger charge is -2.11. The number of fused-ring (bicyclic) bond motifs is 1. The predicted molar refractivity (Wildman–Crippen MR) is 86.8 cm³/mol. The number of benzene rings is 1. The maximum atomic E-state index is 12.1. The minimum absolute atomic E-state index is 0.0523. The average molecular weight is 368 g/mol. The fourth-order valence-electron chi connectivity index (χ4n) is 2.00. The van der Waals surface area contributed by atoms with Crippen LogP contribution in [0.2, 0.25) is 0 Å². The Bertz CT molecular complexity index is 707. The van der Waals surface area contributed by atoms with Gasteiger partial charge in [-0.05, 0) is 38.5 Å². The number of carbonyl (C=O) groups is 2. The van der Waals surface area contributed by atoms with Crippen LogP contribution < -0.4 is 5.32 Å². The van der Waals surface area contributed by atoms with Crippen LogP contribution in [0.3, 0.4) is 0 Å². The smallest absolute Gasteiger partial charge is 0.375 e. The molecule has 1 atom stereocenters. The molecule has 118 valence electrons. The molecule has 0 spiro atoms. The summed E-state index contributed by atoms with van der Waals surface area (Å²) in [5.74, 6) is -0.826. The lowest BCUT2D eigenvalue weighted by Crippen LogP contribution is -2.35. The lowest BCUT2D eigenvalue weighted by molar-refractivity contribution is -0.124. The molecule has 1 heterocycles. The summed E-state index contributed by atoms with van der Waals surface area (Å²) in [4.78, 5) is 23.7. The monoisotopic (exact) mass is 367 g/mol. The van der Waals surface area contributed by atoms with Gasteiger partial charge in [-0.25, -0.2) is 4.79 Å². The van der Waals surface area contributed by atoms with Gasteiger partial charge in [0.2, 0.25) is 5.76 Å². The van der Waals surface area contributed by atoms with Gasteiger partial charge in [-0.15, -0.1) is 0 Å². The van der Waals surface area contributed by atoms with Gasteiger partial charge in [-0.2, -0.15) is 0 Å². The summed E-state index contributed by atoms with van der Waals surface area (Å²) in [6.45, 7) is 5.32. The van der Waals surface area contributed by atoms with Crippen LogP contribution in [-0.2, 0) is 9.53 Å². The molecule has 2 rings (SSSR count). The molecule has 22 heavy (non-hydrogen) atoms. The Morgan fingerprint density at radius 3 is 2.82 bits per heavy atom. The largest absolute Gasteiger partial charge is 0.450 e. The first-order valence-electron chi connectivity index (χ1n) is 7.07. The van der Waals surface area contributed by atoms with Gasteiger partial charge in [-0.1, -0.05) is 22.9 Å². The van der Waals surface area contributed by atoms with Crippen LogP contribution in [-0.4, -0.2) is 24.5 Å². The van der Waals surface area contributed by atoms with E-state index in [9.17, 15) is 9.59 Å². The molecule has 2 aromatic rings. The highest BCUT2D eigenvalue weighted by molar-refractivity contribution is 9.10. The van der Waals surface area contributed by atoms with Crippen molar-refractivity contribution in [2.45, 2.75) is 33.2 Å². The van der Waals surface area contributed by atoms with E-state index in [-0.39, 0.29) is 24.3 Å². The third-order valence-electron chi connectivity index (χ3n) is 3.44. The van der Waals surface area contributed by atoms with Crippen LogP contribution in [0.25, 0.3) is 11.0 Å². The van der Waals surface area contributed by atoms with Crippen molar-refractivity contribution in [3.8, 4) is 0 Å². The molecule has 1 unspecified atom stereocenters. The minimum Gasteiger partial charge on any atom is -0.450 e. The Kier molecular flexibility index (Phi) is 5.24. The zero-order valence-electron chi connectivity index (χ0n) is 12.7. The van der Waals surface area contributed by atoms with E-state index in [1.54, 1.807) is 13.0 Å². The Labute approximate surface area is 137 Å². The van der Waals surface area contributed by atoms with Gasteiger partial charge in [0.15, 0.2) is 6.61 Å². The van der Waals surface area contributed by atoms with Gasteiger partial charge in [0, 0.05) is 21.5 Å². The van der Waals surface area contributed by atoms with Crippen molar-refractivity contribution in [1.29, 1.82) is 0 Å². The van der Waals surface area contributed by atoms with E-state index in [0.717, 1.165) is 16.3 Å². The number of hydrogen-bond donors (Lipinski definition) is 1. The first-order valence-corrected chi connectivity index (χ1v) is 7.86. The van der Waals surface area contributed by atoms with Crippen molar-refractivity contribution in [3.63, 3.8) is 0 Å². The number of ether oxygens (including phenoxy) is 1. The van der Waals surface area contributed by atoms with Crippen LogP contribution >= 0.6 is 15.9 Å². The molecule has 0 aliphatic carbocycles. The van der Waals surface area contributed by atoms with E-state index in [1.807, 2.05) is 26.0 Å². The molecule has 0 radical (unpaired) electrons. The van der Waals surface area contributed by atoms with Crippen molar-refractivity contribution in [1.82, 2.24) is 5.32 Å². The van der Waals surface area contributed by atoms with E-state index >= 15 is 0 Å². The van der Waals surface area contributed by atoms with Crippen molar-refractivity contribution in [2.75, 3.05) is 6.61 Å². The number of esters is 1. The van der Waals surface area contributed by atoms with Crippen molar-refractivity contribution in [2.24, 2.45) is 0 Å². The highest BCUT2D eigenvalue weighted by Crippen LogP contribution is 2.28. The minimum atomic E-state index is -0.635. The number of aryl methyl sites for hydroxylation is 1. The van der Waals surface area contributed by atoms with Gasteiger partial charge in [0.25, 0.3) is 5.91 Å². The van der Waals surface area contributed by atoms with Crippen LogP contribution in [0.1, 0.15) is 36.4 Å². The molecule has 1 N–H and O–H groups in total. The molecule has 0 fully saturated rings. The van der Waals surface area contributed by atoms with Crippen molar-refractivity contribution >= 4 is 38.8 Å². The summed E-state index contributed by atoms with van der Waals surface area (Å²) in [6.07, 6.45) is 0.817. The van der Waals surface area contributed by atoms with E-state index in [0.29, 0.717) is 11.1 Å². The van der Waals surface area contributed by atoms with E-state index in [4.69, 9.17) is 9.15 Å². The third kappa shape index (κ3) is 3.68. The van der Waals surface area contributed by atoms with Crippen LogP contribution in [0, 0.1) is 6.92 Å². The van der Waals surface area contributed by atoms with Gasteiger partial charge < -0.3 is 14.5 Å². The second-order valence-corrected chi connectivity index (χ2v) is 6.07. The zero-order valence-corrected chi connectivity index (χ0v) is 14.3. The first-order chi connectivity index (χ1) is 10.4. The van der Waals surface area contributed by atoms with Crippen molar-refractivity contribution < 1.29 is 18.7 Å². The highest BCUT2D eigenvalue weighted by Gasteiger charge is 2.20. The Morgan fingerprint density at radius 1 is 1.41 bits per heavy atom. The number of nitrogens with one attached hydrogen (secondary N) is 1. The summed E-state index contributed by atoms with van der Waals surface area (Å²) in [6, 6.07) is 5.54. The topological polar surface area (TPSA) is 68.5 Å². The number of amides is 1. The standard InChI is InChI=1S/C16H18BrNO4/c1-4-9(2)18-14(19)8-21-16(20)15-10(3)12-7-11(17)5-6-13(12)22-15/h5-7,9H,4,8H2,1-3H3,(H,18,19). The predicted octanol–water partition coefficient (Wildman–Crippen LogP) is 3.58. The average Bonchev–Trinajstić information content (AvgIpc) is 2.81. The number of hydrogen-bond acceptors (Lipinski definition) is 4. The summed E-state index contributed by atoms with van der Waals surface area (Å²) in [5, 5.41) is 3.57. The number of furan rings is 1. The van der Waals surface area contributed by atoms with Crippen LogP contribution in [0.4, 0.5) is 0 Å². The molecule has 1 aromatic heterocycles. The molecule has 0 saturated carbocycles. The number of halogens is 1. The second-order valence-electron chi connectivity index (χ2n) is 5.15. The fraction of sp³-hybridized carbons (Fsp3) is 0.375. The van der Waals surface area contributed by atoms with Gasteiger partial charge in [0.05, 0.1) is 0 Å². The number of rotatable bonds is 5. The Morgan fingerprint density at radius 2 is 2.14 bits per heavy atom. The van der Waals surface area contributed by atoms with E-state index in [2.05, 4.69) is 21.2 Å². The molecular formula is C16H18BrNO4. The molecule has 0 bridgehead atoms.